The van der Waals surface area contributed by atoms with E-state index in [0.29, 0.717) is 0 Å². The van der Waals surface area contributed by atoms with Crippen molar-refractivity contribution in [2.75, 3.05) is 5.33 Å². The summed E-state index contributed by atoms with van der Waals surface area (Å²) in [5, 5.41) is 1.19. The van der Waals surface area contributed by atoms with Gasteiger partial charge in [-0.15, -0.1) is 0 Å². The molecule has 0 radical (unpaired) electrons. The molecule has 0 saturated heterocycles. The standard InChI is InChI=1S/C4H11BrSi/c5-3-1-2-4-6/h1-4H2,6H3. The van der Waals surface area contributed by atoms with Crippen molar-refractivity contribution in [1.82, 2.24) is 0 Å². The summed E-state index contributed by atoms with van der Waals surface area (Å²) < 4.78 is 0. The topological polar surface area (TPSA) is 0 Å². The first-order valence-corrected chi connectivity index (χ1v) is 5.01. The van der Waals surface area contributed by atoms with Crippen LogP contribution in [0, 0.1) is 0 Å². The van der Waals surface area contributed by atoms with Crippen molar-refractivity contribution in [2.45, 2.75) is 18.9 Å². The molecule has 0 aromatic heterocycles. The van der Waals surface area contributed by atoms with E-state index in [0.717, 1.165) is 0 Å². The molecule has 0 aromatic rings. The van der Waals surface area contributed by atoms with Crippen LogP contribution in [-0.2, 0) is 0 Å². The third-order valence-electron chi connectivity index (χ3n) is 0.737. The molecule has 0 fully saturated rings. The van der Waals surface area contributed by atoms with Gasteiger partial charge in [-0.25, -0.2) is 0 Å². The minimum absolute atomic E-state index is 1.19. The lowest BCUT2D eigenvalue weighted by molar-refractivity contribution is 0.899. The molecular weight excluding hydrogens is 156 g/mol. The minimum Gasteiger partial charge on any atom is -0.0928 e. The van der Waals surface area contributed by atoms with Crippen molar-refractivity contribution in [3.63, 3.8) is 0 Å². The first-order chi connectivity index (χ1) is 2.91. The van der Waals surface area contributed by atoms with Gasteiger partial charge in [0.2, 0.25) is 0 Å². The molecule has 0 heterocycles. The lowest BCUT2D eigenvalue weighted by Crippen LogP contribution is -1.72. The summed E-state index contributed by atoms with van der Waals surface area (Å²) in [6.07, 6.45) is 2.79. The van der Waals surface area contributed by atoms with Crippen LogP contribution in [0.15, 0.2) is 0 Å². The van der Waals surface area contributed by atoms with Gasteiger partial charge in [0.05, 0.1) is 0 Å². The van der Waals surface area contributed by atoms with E-state index in [4.69, 9.17) is 0 Å². The highest BCUT2D eigenvalue weighted by atomic mass is 79.9. The number of hydrogen-bond donors (Lipinski definition) is 0. The molecule has 0 bridgehead atoms. The molecule has 0 aromatic carbocycles. The Morgan fingerprint density at radius 1 is 1.33 bits per heavy atom. The summed E-state index contributed by atoms with van der Waals surface area (Å²) in [6.45, 7) is 0. The fourth-order valence-electron chi connectivity index (χ4n) is 0.344. The number of unbranched alkanes of at least 4 members (excludes halogenated alkanes) is 1. The maximum atomic E-state index is 3.37. The second-order valence-electron chi connectivity index (χ2n) is 1.40. The van der Waals surface area contributed by atoms with Crippen LogP contribution in [0.1, 0.15) is 12.8 Å². The number of hydrogen-bond acceptors (Lipinski definition) is 0. The Balaban J connectivity index is 2.34. The molecule has 0 aliphatic heterocycles. The molecular formula is C4H11BrSi. The maximum absolute atomic E-state index is 3.37. The number of rotatable bonds is 3. The predicted molar refractivity (Wildman–Crippen MR) is 37.8 cm³/mol. The van der Waals surface area contributed by atoms with Crippen LogP contribution in [0.2, 0.25) is 6.04 Å². The molecule has 38 valence electrons. The van der Waals surface area contributed by atoms with Crippen molar-refractivity contribution >= 4 is 26.2 Å². The molecule has 0 saturated carbocycles. The van der Waals surface area contributed by atoms with E-state index in [1.807, 2.05) is 0 Å². The highest BCUT2D eigenvalue weighted by Gasteiger charge is 1.76. The Morgan fingerprint density at radius 2 is 2.00 bits per heavy atom. The molecule has 2 heteroatoms. The summed E-state index contributed by atoms with van der Waals surface area (Å²) >= 11 is 3.37. The molecule has 0 unspecified atom stereocenters. The smallest absolute Gasteiger partial charge is 0.00311 e. The largest absolute Gasteiger partial charge is 0.0928 e. The average molecular weight is 167 g/mol. The summed E-state index contributed by atoms with van der Waals surface area (Å²) in [6, 6.07) is 1.46. The zero-order valence-corrected chi connectivity index (χ0v) is 7.79. The van der Waals surface area contributed by atoms with Gasteiger partial charge in [-0.1, -0.05) is 28.4 Å². The molecule has 0 aliphatic rings. The van der Waals surface area contributed by atoms with Gasteiger partial charge in [0.15, 0.2) is 0 Å². The van der Waals surface area contributed by atoms with Gasteiger partial charge in [-0.2, -0.15) is 0 Å². The van der Waals surface area contributed by atoms with Gasteiger partial charge in [0.25, 0.3) is 0 Å². The molecule has 0 nitrogen and oxygen atoms in total. The molecule has 0 aliphatic carbocycles. The van der Waals surface area contributed by atoms with Gasteiger partial charge in [-0.05, 0) is 6.42 Å². The van der Waals surface area contributed by atoms with Crippen molar-refractivity contribution in [3.8, 4) is 0 Å². The fraction of sp³-hybridized carbons (Fsp3) is 1.00. The van der Waals surface area contributed by atoms with Crippen LogP contribution in [-0.4, -0.2) is 15.6 Å². The normalized spacial score (nSPS) is 9.50. The predicted octanol–water partition coefficient (Wildman–Crippen LogP) is 0.945. The van der Waals surface area contributed by atoms with Crippen molar-refractivity contribution in [2.24, 2.45) is 0 Å². The van der Waals surface area contributed by atoms with E-state index in [-0.39, 0.29) is 0 Å². The van der Waals surface area contributed by atoms with Crippen LogP contribution in [0.25, 0.3) is 0 Å². The van der Waals surface area contributed by atoms with Crippen LogP contribution >= 0.6 is 15.9 Å². The minimum atomic E-state index is 1.19. The lowest BCUT2D eigenvalue weighted by Gasteiger charge is -1.84. The summed E-state index contributed by atoms with van der Waals surface area (Å²) in [7, 11) is 1.38. The van der Waals surface area contributed by atoms with Crippen LogP contribution in [0.5, 0.6) is 0 Å². The van der Waals surface area contributed by atoms with E-state index in [2.05, 4.69) is 15.9 Å². The molecule has 6 heavy (non-hydrogen) atoms. The molecule has 0 atom stereocenters. The Labute approximate surface area is 50.9 Å². The number of halogens is 1. The summed E-state index contributed by atoms with van der Waals surface area (Å²) in [5.41, 5.74) is 0. The summed E-state index contributed by atoms with van der Waals surface area (Å²) in [5.74, 6) is 0. The van der Waals surface area contributed by atoms with E-state index in [1.165, 1.54) is 34.5 Å². The highest BCUT2D eigenvalue weighted by Crippen LogP contribution is 1.94. The van der Waals surface area contributed by atoms with E-state index in [1.54, 1.807) is 0 Å². The first-order valence-electron chi connectivity index (χ1n) is 2.47. The van der Waals surface area contributed by atoms with E-state index < -0.39 is 0 Å². The van der Waals surface area contributed by atoms with Crippen molar-refractivity contribution in [3.05, 3.63) is 0 Å². The van der Waals surface area contributed by atoms with Crippen molar-refractivity contribution < 1.29 is 0 Å². The average Bonchev–Trinajstić information content (AvgIpc) is 1.61. The highest BCUT2D eigenvalue weighted by molar-refractivity contribution is 9.09. The van der Waals surface area contributed by atoms with E-state index in [9.17, 15) is 0 Å². The van der Waals surface area contributed by atoms with Gasteiger partial charge in [0.1, 0.15) is 0 Å². The molecule has 0 N–H and O–H groups in total. The number of alkyl halides is 1. The fourth-order valence-corrected chi connectivity index (χ4v) is 1.24. The Hall–Kier alpha value is 0.697. The SMILES string of the molecule is [SiH3]CCCCBr. The molecule has 0 spiro atoms. The monoisotopic (exact) mass is 166 g/mol. The van der Waals surface area contributed by atoms with E-state index >= 15 is 0 Å². The first kappa shape index (κ1) is 6.70. The van der Waals surface area contributed by atoms with Gasteiger partial charge >= 0.3 is 0 Å². The van der Waals surface area contributed by atoms with Crippen molar-refractivity contribution in [1.29, 1.82) is 0 Å². The lowest BCUT2D eigenvalue weighted by atomic mass is 10.4. The Morgan fingerprint density at radius 3 is 2.17 bits per heavy atom. The van der Waals surface area contributed by atoms with Gasteiger partial charge in [0, 0.05) is 15.6 Å². The maximum Gasteiger partial charge on any atom is 0.00311 e. The third-order valence-corrected chi connectivity index (χ3v) is 2.01. The van der Waals surface area contributed by atoms with Crippen LogP contribution < -0.4 is 0 Å². The Bertz CT molecular complexity index is 19.5. The summed E-state index contributed by atoms with van der Waals surface area (Å²) in [4.78, 5) is 0. The Kier molecular flexibility index (Phi) is 6.36. The van der Waals surface area contributed by atoms with Crippen LogP contribution in [0.3, 0.4) is 0 Å². The molecule has 0 rings (SSSR count). The van der Waals surface area contributed by atoms with Crippen LogP contribution in [0.4, 0.5) is 0 Å². The molecule has 0 amide bonds. The second kappa shape index (κ2) is 5.70. The van der Waals surface area contributed by atoms with Gasteiger partial charge < -0.3 is 0 Å². The quantitative estimate of drug-likeness (QED) is 0.333. The third kappa shape index (κ3) is 4.70. The van der Waals surface area contributed by atoms with Gasteiger partial charge in [-0.3, -0.25) is 0 Å². The second-order valence-corrected chi connectivity index (χ2v) is 3.19. The zero-order valence-electron chi connectivity index (χ0n) is 4.21. The zero-order chi connectivity index (χ0) is 4.83.